The second-order valence-electron chi connectivity index (χ2n) is 3.26. The van der Waals surface area contributed by atoms with Crippen LogP contribution in [0.5, 0.6) is 5.75 Å². The number of benzene rings is 1. The molecule has 0 bridgehead atoms. The van der Waals surface area contributed by atoms with Gasteiger partial charge in [-0.15, -0.1) is 0 Å². The van der Waals surface area contributed by atoms with Crippen molar-refractivity contribution in [2.45, 2.75) is 0 Å². The molecule has 86 valence electrons. The zero-order valence-corrected chi connectivity index (χ0v) is 8.83. The normalized spacial score (nSPS) is 10.6. The van der Waals surface area contributed by atoms with Crippen molar-refractivity contribution in [1.29, 1.82) is 0 Å². The number of phenolic OH excluding ortho intramolecular Hbond substituents is 1. The quantitative estimate of drug-likeness (QED) is 0.623. The van der Waals surface area contributed by atoms with E-state index in [9.17, 15) is 9.90 Å². The van der Waals surface area contributed by atoms with Gasteiger partial charge in [0, 0.05) is 5.56 Å². The molecule has 0 fully saturated rings. The van der Waals surface area contributed by atoms with Crippen LogP contribution in [0.25, 0.3) is 0 Å². The third-order valence-electron chi connectivity index (χ3n) is 2.01. The van der Waals surface area contributed by atoms with Gasteiger partial charge in [-0.1, -0.05) is 6.07 Å². The van der Waals surface area contributed by atoms with E-state index in [0.29, 0.717) is 11.3 Å². The Bertz CT molecular complexity index is 532. The number of furan rings is 1. The molecule has 2 aromatic rings. The summed E-state index contributed by atoms with van der Waals surface area (Å²) in [6, 6.07) is 9.45. The number of rotatable bonds is 3. The zero-order valence-electron chi connectivity index (χ0n) is 8.83. The number of hydrazone groups is 1. The fourth-order valence-electron chi connectivity index (χ4n) is 1.23. The highest BCUT2D eigenvalue weighted by Gasteiger charge is 2.04. The van der Waals surface area contributed by atoms with Crippen LogP contribution >= 0.6 is 0 Å². The van der Waals surface area contributed by atoms with Crippen LogP contribution in [-0.4, -0.2) is 17.2 Å². The zero-order chi connectivity index (χ0) is 12.1. The molecule has 0 saturated carbocycles. The SMILES string of the molecule is O=C(NN=Cc1ccco1)c1cccc(O)c1. The Balaban J connectivity index is 1.98. The molecular weight excluding hydrogens is 220 g/mol. The largest absolute Gasteiger partial charge is 0.508 e. The molecule has 17 heavy (non-hydrogen) atoms. The van der Waals surface area contributed by atoms with Crippen LogP contribution in [0.1, 0.15) is 16.1 Å². The van der Waals surface area contributed by atoms with Crippen LogP contribution in [0.15, 0.2) is 52.2 Å². The lowest BCUT2D eigenvalue weighted by Crippen LogP contribution is -2.17. The van der Waals surface area contributed by atoms with Crippen LogP contribution in [0.3, 0.4) is 0 Å². The Hall–Kier alpha value is -2.56. The lowest BCUT2D eigenvalue weighted by atomic mass is 10.2. The Morgan fingerprint density at radius 2 is 2.24 bits per heavy atom. The van der Waals surface area contributed by atoms with E-state index in [-0.39, 0.29) is 5.75 Å². The van der Waals surface area contributed by atoms with Gasteiger partial charge >= 0.3 is 0 Å². The molecule has 1 aromatic heterocycles. The minimum Gasteiger partial charge on any atom is -0.508 e. The molecule has 5 nitrogen and oxygen atoms in total. The van der Waals surface area contributed by atoms with E-state index in [0.717, 1.165) is 0 Å². The second-order valence-corrected chi connectivity index (χ2v) is 3.26. The van der Waals surface area contributed by atoms with Crippen molar-refractivity contribution in [3.63, 3.8) is 0 Å². The molecule has 2 rings (SSSR count). The van der Waals surface area contributed by atoms with Gasteiger partial charge in [0.2, 0.25) is 0 Å². The molecule has 0 aliphatic rings. The number of hydrogen-bond donors (Lipinski definition) is 2. The number of carbonyl (C=O) groups excluding carboxylic acids is 1. The molecule has 1 heterocycles. The van der Waals surface area contributed by atoms with Gasteiger partial charge in [0.05, 0.1) is 12.5 Å². The van der Waals surface area contributed by atoms with Crippen molar-refractivity contribution in [3.05, 3.63) is 54.0 Å². The summed E-state index contributed by atoms with van der Waals surface area (Å²) in [5.74, 6) is 0.178. The van der Waals surface area contributed by atoms with Crippen molar-refractivity contribution in [2.75, 3.05) is 0 Å². The van der Waals surface area contributed by atoms with Crippen LogP contribution in [0, 0.1) is 0 Å². The number of hydrogen-bond acceptors (Lipinski definition) is 4. The fraction of sp³-hybridized carbons (Fsp3) is 0. The first-order valence-corrected chi connectivity index (χ1v) is 4.91. The van der Waals surface area contributed by atoms with E-state index in [2.05, 4.69) is 10.5 Å². The van der Waals surface area contributed by atoms with E-state index in [4.69, 9.17) is 4.42 Å². The predicted molar refractivity (Wildman–Crippen MR) is 61.9 cm³/mol. The third-order valence-corrected chi connectivity index (χ3v) is 2.01. The maximum absolute atomic E-state index is 11.6. The summed E-state index contributed by atoms with van der Waals surface area (Å²) in [6.45, 7) is 0. The topological polar surface area (TPSA) is 74.8 Å². The number of carbonyl (C=O) groups is 1. The smallest absolute Gasteiger partial charge is 0.271 e. The molecule has 1 amide bonds. The van der Waals surface area contributed by atoms with Gasteiger partial charge in [0.25, 0.3) is 5.91 Å². The Kier molecular flexibility index (Phi) is 3.20. The summed E-state index contributed by atoms with van der Waals surface area (Å²) in [6.07, 6.45) is 2.90. The van der Waals surface area contributed by atoms with Crippen molar-refractivity contribution >= 4 is 12.1 Å². The van der Waals surface area contributed by atoms with Gasteiger partial charge in [-0.2, -0.15) is 5.10 Å². The minimum absolute atomic E-state index is 0.0349. The average Bonchev–Trinajstić information content (AvgIpc) is 2.82. The van der Waals surface area contributed by atoms with Gasteiger partial charge < -0.3 is 9.52 Å². The first-order valence-electron chi connectivity index (χ1n) is 4.91. The Morgan fingerprint density at radius 1 is 1.35 bits per heavy atom. The molecule has 0 atom stereocenters. The monoisotopic (exact) mass is 230 g/mol. The van der Waals surface area contributed by atoms with E-state index in [1.807, 2.05) is 0 Å². The van der Waals surface area contributed by atoms with E-state index in [1.165, 1.54) is 24.6 Å². The number of phenols is 1. The number of nitrogens with one attached hydrogen (secondary N) is 1. The highest BCUT2D eigenvalue weighted by molar-refractivity contribution is 5.95. The lowest BCUT2D eigenvalue weighted by molar-refractivity contribution is 0.0954. The first kappa shape index (κ1) is 10.9. The summed E-state index contributed by atoms with van der Waals surface area (Å²) in [5, 5.41) is 12.9. The van der Waals surface area contributed by atoms with Crippen molar-refractivity contribution in [1.82, 2.24) is 5.43 Å². The van der Waals surface area contributed by atoms with Gasteiger partial charge in [0.1, 0.15) is 11.5 Å². The summed E-state index contributed by atoms with van der Waals surface area (Å²) < 4.78 is 5.00. The molecule has 1 aromatic carbocycles. The van der Waals surface area contributed by atoms with Gasteiger partial charge in [0.15, 0.2) is 0 Å². The van der Waals surface area contributed by atoms with Gasteiger partial charge in [-0.3, -0.25) is 4.79 Å². The Labute approximate surface area is 97.4 Å². The van der Waals surface area contributed by atoms with Crippen molar-refractivity contribution < 1.29 is 14.3 Å². The average molecular weight is 230 g/mol. The van der Waals surface area contributed by atoms with Crippen LogP contribution in [0.4, 0.5) is 0 Å². The first-order chi connectivity index (χ1) is 8.25. The molecule has 0 radical (unpaired) electrons. The number of amides is 1. The van der Waals surface area contributed by atoms with E-state index < -0.39 is 5.91 Å². The Morgan fingerprint density at radius 3 is 2.94 bits per heavy atom. The summed E-state index contributed by atoms with van der Waals surface area (Å²) in [7, 11) is 0. The standard InChI is InChI=1S/C12H10N2O3/c15-10-4-1-3-9(7-10)12(16)14-13-8-11-5-2-6-17-11/h1-8,15H,(H,14,16). The van der Waals surface area contributed by atoms with E-state index >= 15 is 0 Å². The second kappa shape index (κ2) is 4.98. The summed E-state index contributed by atoms with van der Waals surface area (Å²) in [4.78, 5) is 11.6. The molecule has 0 aliphatic heterocycles. The molecular formula is C12H10N2O3. The molecule has 0 saturated heterocycles. The van der Waals surface area contributed by atoms with Crippen LogP contribution in [0.2, 0.25) is 0 Å². The van der Waals surface area contributed by atoms with Crippen molar-refractivity contribution in [2.24, 2.45) is 5.10 Å². The van der Waals surface area contributed by atoms with Crippen molar-refractivity contribution in [3.8, 4) is 5.75 Å². The van der Waals surface area contributed by atoms with Crippen LogP contribution in [-0.2, 0) is 0 Å². The number of aromatic hydroxyl groups is 1. The maximum Gasteiger partial charge on any atom is 0.271 e. The van der Waals surface area contributed by atoms with E-state index in [1.54, 1.807) is 24.3 Å². The fourth-order valence-corrected chi connectivity index (χ4v) is 1.23. The minimum atomic E-state index is -0.399. The molecule has 0 unspecified atom stereocenters. The van der Waals surface area contributed by atoms with Gasteiger partial charge in [-0.05, 0) is 30.3 Å². The highest BCUT2D eigenvalue weighted by atomic mass is 16.3. The molecule has 5 heteroatoms. The highest BCUT2D eigenvalue weighted by Crippen LogP contribution is 2.10. The van der Waals surface area contributed by atoms with Crippen LogP contribution < -0.4 is 5.43 Å². The summed E-state index contributed by atoms with van der Waals surface area (Å²) >= 11 is 0. The predicted octanol–water partition coefficient (Wildman–Crippen LogP) is 1.75. The van der Waals surface area contributed by atoms with Gasteiger partial charge in [-0.25, -0.2) is 5.43 Å². The molecule has 0 aliphatic carbocycles. The maximum atomic E-state index is 11.6. The third kappa shape index (κ3) is 2.94. The molecule has 2 N–H and O–H groups in total. The summed E-state index contributed by atoms with van der Waals surface area (Å²) in [5.41, 5.74) is 2.66. The number of nitrogens with zero attached hydrogens (tertiary/aromatic N) is 1. The molecule has 0 spiro atoms. The lowest BCUT2D eigenvalue weighted by Gasteiger charge is -1.99.